The average molecular weight is 494 g/mol. The number of amides is 1. The molecule has 3 aromatic carbocycles. The van der Waals surface area contributed by atoms with E-state index in [9.17, 15) is 9.59 Å². The number of nitrogens with one attached hydrogen (secondary N) is 1. The van der Waals surface area contributed by atoms with E-state index in [0.29, 0.717) is 52.1 Å². The molecule has 1 amide bonds. The Balaban J connectivity index is 1.60. The zero-order chi connectivity index (χ0) is 23.9. The van der Waals surface area contributed by atoms with Crippen LogP contribution in [0.15, 0.2) is 82.7 Å². The predicted molar refractivity (Wildman–Crippen MR) is 137 cm³/mol. The third kappa shape index (κ3) is 5.86. The van der Waals surface area contributed by atoms with Crippen LogP contribution < -0.4 is 10.9 Å². The SMILES string of the molecule is COCCNC(=O)c1ccc(Cn2c(SCc3cccc(Cl)c3)nc3ccccc3c2=O)cc1. The standard InChI is InChI=1S/C26H24ClN3O3S/c1-33-14-13-28-24(31)20-11-9-18(10-12-20)16-30-25(32)22-7-2-3-8-23(22)29-26(30)34-17-19-5-4-6-21(27)15-19/h2-12,15H,13-14,16-17H2,1H3,(H,28,31). The van der Waals surface area contributed by atoms with E-state index in [1.807, 2.05) is 54.6 Å². The number of nitrogens with zero attached hydrogens (tertiary/aromatic N) is 2. The summed E-state index contributed by atoms with van der Waals surface area (Å²) in [5.41, 5.74) is 3.08. The van der Waals surface area contributed by atoms with Crippen LogP contribution in [-0.4, -0.2) is 35.7 Å². The Bertz CT molecular complexity index is 1360. The van der Waals surface area contributed by atoms with E-state index in [-0.39, 0.29) is 11.5 Å². The zero-order valence-electron chi connectivity index (χ0n) is 18.7. The van der Waals surface area contributed by atoms with E-state index in [1.165, 1.54) is 11.8 Å². The van der Waals surface area contributed by atoms with Crippen molar-refractivity contribution in [2.75, 3.05) is 20.3 Å². The van der Waals surface area contributed by atoms with Crippen LogP contribution >= 0.6 is 23.4 Å². The van der Waals surface area contributed by atoms with Crippen LogP contribution in [0.3, 0.4) is 0 Å². The predicted octanol–water partition coefficient (Wildman–Crippen LogP) is 4.77. The highest BCUT2D eigenvalue weighted by molar-refractivity contribution is 7.98. The van der Waals surface area contributed by atoms with Gasteiger partial charge in [0, 0.05) is 30.0 Å². The largest absolute Gasteiger partial charge is 0.383 e. The molecule has 0 radical (unpaired) electrons. The van der Waals surface area contributed by atoms with Gasteiger partial charge in [0.2, 0.25) is 0 Å². The number of thioether (sulfide) groups is 1. The van der Waals surface area contributed by atoms with Gasteiger partial charge in [-0.3, -0.25) is 14.2 Å². The summed E-state index contributed by atoms with van der Waals surface area (Å²) in [6, 6.07) is 22.2. The molecule has 0 unspecified atom stereocenters. The third-order valence-electron chi connectivity index (χ3n) is 5.23. The zero-order valence-corrected chi connectivity index (χ0v) is 20.2. The van der Waals surface area contributed by atoms with Crippen LogP contribution in [0, 0.1) is 0 Å². The summed E-state index contributed by atoms with van der Waals surface area (Å²) in [6.45, 7) is 1.25. The third-order valence-corrected chi connectivity index (χ3v) is 6.51. The Morgan fingerprint density at radius 2 is 1.85 bits per heavy atom. The second kappa shape index (κ2) is 11.3. The van der Waals surface area contributed by atoms with Crippen LogP contribution in [0.5, 0.6) is 0 Å². The average Bonchev–Trinajstić information content (AvgIpc) is 2.85. The Labute approximate surface area is 206 Å². The van der Waals surface area contributed by atoms with E-state index in [1.54, 1.807) is 29.9 Å². The van der Waals surface area contributed by atoms with Gasteiger partial charge in [-0.05, 0) is 47.5 Å². The number of fused-ring (bicyclic) bond motifs is 1. The fraction of sp³-hybridized carbons (Fsp3) is 0.192. The van der Waals surface area contributed by atoms with E-state index in [0.717, 1.165) is 11.1 Å². The molecule has 4 rings (SSSR count). The van der Waals surface area contributed by atoms with Crippen LogP contribution in [0.2, 0.25) is 5.02 Å². The summed E-state index contributed by atoms with van der Waals surface area (Å²) in [4.78, 5) is 30.4. The fourth-order valence-corrected chi connectivity index (χ4v) is 4.64. The summed E-state index contributed by atoms with van der Waals surface area (Å²) >= 11 is 7.62. The number of carbonyl (C=O) groups is 1. The van der Waals surface area contributed by atoms with Gasteiger partial charge in [-0.25, -0.2) is 4.98 Å². The van der Waals surface area contributed by atoms with Gasteiger partial charge >= 0.3 is 0 Å². The monoisotopic (exact) mass is 493 g/mol. The molecule has 0 saturated carbocycles. The Morgan fingerprint density at radius 1 is 1.06 bits per heavy atom. The minimum absolute atomic E-state index is 0.0967. The van der Waals surface area contributed by atoms with Gasteiger partial charge in [0.05, 0.1) is 24.1 Å². The van der Waals surface area contributed by atoms with Crippen molar-refractivity contribution in [3.8, 4) is 0 Å². The first-order valence-corrected chi connectivity index (χ1v) is 12.1. The van der Waals surface area contributed by atoms with Gasteiger partial charge in [-0.15, -0.1) is 0 Å². The first-order valence-electron chi connectivity index (χ1n) is 10.8. The highest BCUT2D eigenvalue weighted by Crippen LogP contribution is 2.24. The van der Waals surface area contributed by atoms with Crippen molar-refractivity contribution in [3.05, 3.63) is 105 Å². The molecule has 1 aromatic heterocycles. The number of hydrogen-bond donors (Lipinski definition) is 1. The van der Waals surface area contributed by atoms with E-state index >= 15 is 0 Å². The number of para-hydroxylation sites is 1. The van der Waals surface area contributed by atoms with E-state index in [4.69, 9.17) is 21.3 Å². The van der Waals surface area contributed by atoms with Gasteiger partial charge in [-0.1, -0.05) is 59.8 Å². The Morgan fingerprint density at radius 3 is 2.62 bits per heavy atom. The maximum Gasteiger partial charge on any atom is 0.262 e. The molecule has 8 heteroatoms. The summed E-state index contributed by atoms with van der Waals surface area (Å²) < 4.78 is 6.64. The van der Waals surface area contributed by atoms with E-state index in [2.05, 4.69) is 5.32 Å². The van der Waals surface area contributed by atoms with Crippen molar-refractivity contribution in [1.82, 2.24) is 14.9 Å². The first kappa shape index (κ1) is 24.0. The van der Waals surface area contributed by atoms with Crippen LogP contribution in [0.1, 0.15) is 21.5 Å². The topological polar surface area (TPSA) is 73.2 Å². The number of halogens is 1. The molecule has 1 N–H and O–H groups in total. The minimum atomic E-state index is -0.161. The summed E-state index contributed by atoms with van der Waals surface area (Å²) in [5.74, 6) is 0.470. The number of carbonyl (C=O) groups excluding carboxylic acids is 1. The molecule has 0 spiro atoms. The lowest BCUT2D eigenvalue weighted by Crippen LogP contribution is -2.27. The fourth-order valence-electron chi connectivity index (χ4n) is 3.48. The van der Waals surface area contributed by atoms with Gasteiger partial charge in [0.1, 0.15) is 0 Å². The van der Waals surface area contributed by atoms with Gasteiger partial charge < -0.3 is 10.1 Å². The molecule has 0 bridgehead atoms. The molecule has 174 valence electrons. The van der Waals surface area contributed by atoms with Crippen LogP contribution in [-0.2, 0) is 17.0 Å². The van der Waals surface area contributed by atoms with Crippen molar-refractivity contribution in [1.29, 1.82) is 0 Å². The summed E-state index contributed by atoms with van der Waals surface area (Å²) in [7, 11) is 1.59. The lowest BCUT2D eigenvalue weighted by molar-refractivity contribution is 0.0937. The Kier molecular flexibility index (Phi) is 8.00. The molecule has 0 atom stereocenters. The second-order valence-corrected chi connectivity index (χ2v) is 9.05. The van der Waals surface area contributed by atoms with Crippen molar-refractivity contribution in [2.45, 2.75) is 17.5 Å². The highest BCUT2D eigenvalue weighted by Gasteiger charge is 2.13. The quantitative estimate of drug-likeness (QED) is 0.206. The molecule has 4 aromatic rings. The van der Waals surface area contributed by atoms with Crippen molar-refractivity contribution >= 4 is 40.2 Å². The van der Waals surface area contributed by atoms with Gasteiger partial charge in [0.15, 0.2) is 5.16 Å². The lowest BCUT2D eigenvalue weighted by Gasteiger charge is -2.14. The summed E-state index contributed by atoms with van der Waals surface area (Å²) in [5, 5.41) is 4.68. The Hall–Kier alpha value is -3.13. The number of aromatic nitrogens is 2. The molecule has 0 aliphatic rings. The number of benzene rings is 3. The lowest BCUT2D eigenvalue weighted by atomic mass is 10.1. The van der Waals surface area contributed by atoms with Crippen LogP contribution in [0.4, 0.5) is 0 Å². The first-order chi connectivity index (χ1) is 16.5. The summed E-state index contributed by atoms with van der Waals surface area (Å²) in [6.07, 6.45) is 0. The highest BCUT2D eigenvalue weighted by atomic mass is 35.5. The van der Waals surface area contributed by atoms with Crippen molar-refractivity contribution in [3.63, 3.8) is 0 Å². The molecule has 6 nitrogen and oxygen atoms in total. The molecule has 0 fully saturated rings. The minimum Gasteiger partial charge on any atom is -0.383 e. The maximum absolute atomic E-state index is 13.4. The molecular formula is C26H24ClN3O3S. The van der Waals surface area contributed by atoms with Gasteiger partial charge in [0.25, 0.3) is 11.5 Å². The molecule has 0 saturated heterocycles. The maximum atomic E-state index is 13.4. The van der Waals surface area contributed by atoms with Gasteiger partial charge in [-0.2, -0.15) is 0 Å². The number of ether oxygens (including phenoxy) is 1. The molecule has 0 aliphatic carbocycles. The van der Waals surface area contributed by atoms with Crippen molar-refractivity contribution in [2.24, 2.45) is 0 Å². The van der Waals surface area contributed by atoms with Crippen LogP contribution in [0.25, 0.3) is 10.9 Å². The molecule has 0 aliphatic heterocycles. The normalized spacial score (nSPS) is 11.0. The number of hydrogen-bond acceptors (Lipinski definition) is 5. The molecule has 1 heterocycles. The molecular weight excluding hydrogens is 470 g/mol. The molecule has 34 heavy (non-hydrogen) atoms. The number of methoxy groups -OCH3 is 1. The second-order valence-electron chi connectivity index (χ2n) is 7.67. The van der Waals surface area contributed by atoms with Crippen molar-refractivity contribution < 1.29 is 9.53 Å². The smallest absolute Gasteiger partial charge is 0.262 e. The number of rotatable bonds is 9. The van der Waals surface area contributed by atoms with E-state index < -0.39 is 0 Å².